The zero-order valence-corrected chi connectivity index (χ0v) is 20.2. The summed E-state index contributed by atoms with van der Waals surface area (Å²) in [6.45, 7) is 4.23. The Bertz CT molecular complexity index is 1350. The van der Waals surface area contributed by atoms with Crippen molar-refractivity contribution < 1.29 is 9.90 Å². The second-order valence-corrected chi connectivity index (χ2v) is 9.19. The zero-order chi connectivity index (χ0) is 24.4. The Hall–Kier alpha value is -3.75. The van der Waals surface area contributed by atoms with Gasteiger partial charge < -0.3 is 5.11 Å². The van der Waals surface area contributed by atoms with Crippen LogP contribution in [0.3, 0.4) is 0 Å². The van der Waals surface area contributed by atoms with E-state index in [1.54, 1.807) is 0 Å². The molecular formula is C33H30O2. The molecule has 35 heavy (non-hydrogen) atoms. The van der Waals surface area contributed by atoms with E-state index < -0.39 is 11.5 Å². The van der Waals surface area contributed by atoms with Crippen molar-refractivity contribution in [2.45, 2.75) is 38.2 Å². The highest BCUT2D eigenvalue weighted by Crippen LogP contribution is 2.56. The number of aryl methyl sites for hydroxylation is 2. The van der Waals surface area contributed by atoms with Crippen LogP contribution in [0.5, 0.6) is 0 Å². The maximum atomic E-state index is 14.4. The molecule has 0 spiro atoms. The average molecular weight is 459 g/mol. The van der Waals surface area contributed by atoms with Crippen LogP contribution >= 0.6 is 0 Å². The summed E-state index contributed by atoms with van der Waals surface area (Å²) >= 11 is 0. The summed E-state index contributed by atoms with van der Waals surface area (Å²) < 4.78 is 0. The summed E-state index contributed by atoms with van der Waals surface area (Å²) in [5.74, 6) is -0.796. The van der Waals surface area contributed by atoms with Gasteiger partial charge in [0.2, 0.25) is 0 Å². The van der Waals surface area contributed by atoms with E-state index in [0.717, 1.165) is 35.1 Å². The smallest absolute Gasteiger partial charge is 0.174 e. The first-order valence-electron chi connectivity index (χ1n) is 12.4. The summed E-state index contributed by atoms with van der Waals surface area (Å²) in [6, 6.07) is 35.8. The van der Waals surface area contributed by atoms with Crippen LogP contribution in [0.15, 0.2) is 109 Å². The summed E-state index contributed by atoms with van der Waals surface area (Å²) in [7, 11) is 0. The van der Waals surface area contributed by atoms with E-state index in [1.807, 2.05) is 84.9 Å². The minimum atomic E-state index is -1.51. The van der Waals surface area contributed by atoms with Crippen LogP contribution in [0.2, 0.25) is 0 Å². The maximum absolute atomic E-state index is 14.4. The molecule has 0 amide bonds. The average Bonchev–Trinajstić information content (AvgIpc) is 3.17. The number of carbonyl (C=O) groups excluding carboxylic acids is 1. The van der Waals surface area contributed by atoms with Crippen molar-refractivity contribution in [3.05, 3.63) is 143 Å². The van der Waals surface area contributed by atoms with Gasteiger partial charge in [0, 0.05) is 11.1 Å². The van der Waals surface area contributed by atoms with Crippen LogP contribution < -0.4 is 0 Å². The predicted octanol–water partition coefficient (Wildman–Crippen LogP) is 6.98. The number of Topliss-reactive ketones (excluding diaryl/α,β-unsaturated/α-hetero) is 1. The van der Waals surface area contributed by atoms with E-state index in [-0.39, 0.29) is 5.78 Å². The summed E-state index contributed by atoms with van der Waals surface area (Å²) in [5, 5.41) is 12.7. The van der Waals surface area contributed by atoms with Crippen molar-refractivity contribution >= 4 is 16.9 Å². The molecule has 0 saturated heterocycles. The van der Waals surface area contributed by atoms with Crippen molar-refractivity contribution in [3.8, 4) is 0 Å². The molecule has 1 aliphatic rings. The molecule has 0 fully saturated rings. The number of hydrogen-bond acceptors (Lipinski definition) is 2. The Balaban J connectivity index is 1.82. The number of rotatable bonds is 6. The first-order chi connectivity index (χ1) is 17.1. The van der Waals surface area contributed by atoms with Gasteiger partial charge in [-0.1, -0.05) is 123 Å². The largest absolute Gasteiger partial charge is 0.379 e. The SMILES string of the molecule is CCc1ccc(C2=C(c3ccccc3)C(O)(c3ccccc3)C(c3ccc(CC)cc3)C2=O)cc1. The fourth-order valence-electron chi connectivity index (χ4n) is 5.30. The van der Waals surface area contributed by atoms with Gasteiger partial charge in [0.15, 0.2) is 5.78 Å². The molecule has 2 unspecified atom stereocenters. The molecule has 2 heteroatoms. The molecule has 2 nitrogen and oxygen atoms in total. The number of aliphatic hydroxyl groups is 1. The monoisotopic (exact) mass is 458 g/mol. The van der Waals surface area contributed by atoms with E-state index in [2.05, 4.69) is 38.1 Å². The third-order valence-electron chi connectivity index (χ3n) is 7.21. The molecule has 1 N–H and O–H groups in total. The van der Waals surface area contributed by atoms with E-state index in [0.29, 0.717) is 11.1 Å². The first-order valence-corrected chi connectivity index (χ1v) is 12.4. The van der Waals surface area contributed by atoms with Gasteiger partial charge >= 0.3 is 0 Å². The quantitative estimate of drug-likeness (QED) is 0.338. The molecule has 0 radical (unpaired) electrons. The zero-order valence-electron chi connectivity index (χ0n) is 20.2. The highest BCUT2D eigenvalue weighted by atomic mass is 16.3. The molecule has 0 aliphatic heterocycles. The van der Waals surface area contributed by atoms with E-state index in [9.17, 15) is 9.90 Å². The molecule has 4 aromatic rings. The van der Waals surface area contributed by atoms with Gasteiger partial charge in [-0.3, -0.25) is 4.79 Å². The molecule has 4 aromatic carbocycles. The Labute approximate surface area is 207 Å². The minimum Gasteiger partial charge on any atom is -0.379 e. The third-order valence-corrected chi connectivity index (χ3v) is 7.21. The Morgan fingerprint density at radius 3 is 1.71 bits per heavy atom. The second kappa shape index (κ2) is 9.48. The lowest BCUT2D eigenvalue weighted by Crippen LogP contribution is -2.34. The Kier molecular flexibility index (Phi) is 6.23. The number of carbonyl (C=O) groups is 1. The van der Waals surface area contributed by atoms with E-state index in [4.69, 9.17) is 0 Å². The lowest BCUT2D eigenvalue weighted by molar-refractivity contribution is -0.118. The fourth-order valence-corrected chi connectivity index (χ4v) is 5.30. The van der Waals surface area contributed by atoms with Crippen LogP contribution in [0, 0.1) is 0 Å². The molecule has 5 rings (SSSR count). The molecule has 1 aliphatic carbocycles. The number of benzene rings is 4. The Morgan fingerprint density at radius 2 is 1.17 bits per heavy atom. The molecule has 0 saturated carbocycles. The van der Waals surface area contributed by atoms with Gasteiger partial charge in [-0.15, -0.1) is 0 Å². The highest BCUT2D eigenvalue weighted by molar-refractivity contribution is 6.35. The predicted molar refractivity (Wildman–Crippen MR) is 143 cm³/mol. The lowest BCUT2D eigenvalue weighted by Gasteiger charge is -2.33. The number of hydrogen-bond donors (Lipinski definition) is 1. The molecular weight excluding hydrogens is 428 g/mol. The van der Waals surface area contributed by atoms with Crippen LogP contribution in [-0.4, -0.2) is 10.9 Å². The van der Waals surface area contributed by atoms with Crippen LogP contribution in [0.4, 0.5) is 0 Å². The normalized spacial score (nSPS) is 19.9. The van der Waals surface area contributed by atoms with E-state index in [1.165, 1.54) is 11.1 Å². The topological polar surface area (TPSA) is 37.3 Å². The van der Waals surface area contributed by atoms with Gasteiger partial charge in [0.05, 0.1) is 5.92 Å². The maximum Gasteiger partial charge on any atom is 0.174 e. The van der Waals surface area contributed by atoms with Crippen molar-refractivity contribution in [3.63, 3.8) is 0 Å². The summed E-state index contributed by atoms with van der Waals surface area (Å²) in [6.07, 6.45) is 1.85. The van der Waals surface area contributed by atoms with Crippen molar-refractivity contribution in [2.75, 3.05) is 0 Å². The lowest BCUT2D eigenvalue weighted by atomic mass is 9.74. The van der Waals surface area contributed by atoms with Crippen LogP contribution in [0.1, 0.15) is 53.1 Å². The highest BCUT2D eigenvalue weighted by Gasteiger charge is 2.55. The van der Waals surface area contributed by atoms with Gasteiger partial charge in [-0.2, -0.15) is 0 Å². The third kappa shape index (κ3) is 3.94. The molecule has 2 atom stereocenters. The standard InChI is InChI=1S/C33H30O2/c1-3-23-15-19-25(20-16-23)29-30(26-11-7-5-8-12-26)33(35,28-13-9-6-10-14-28)31(32(29)34)27-21-17-24(4-2)18-22-27/h5-22,31,35H,3-4H2,1-2H3. The van der Waals surface area contributed by atoms with Gasteiger partial charge in [0.1, 0.15) is 5.60 Å². The van der Waals surface area contributed by atoms with Crippen LogP contribution in [-0.2, 0) is 23.2 Å². The van der Waals surface area contributed by atoms with Crippen molar-refractivity contribution in [1.82, 2.24) is 0 Å². The van der Waals surface area contributed by atoms with Crippen molar-refractivity contribution in [2.24, 2.45) is 0 Å². The summed E-state index contributed by atoms with van der Waals surface area (Å²) in [5.41, 5.74) is 5.41. The molecule has 0 heterocycles. The number of ketones is 1. The molecule has 0 bridgehead atoms. The number of allylic oxidation sites excluding steroid dienone is 1. The summed E-state index contributed by atoms with van der Waals surface area (Å²) in [4.78, 5) is 14.4. The fraction of sp³-hybridized carbons (Fsp3) is 0.182. The molecule has 0 aromatic heterocycles. The first kappa shape index (κ1) is 23.0. The minimum absolute atomic E-state index is 0.0521. The van der Waals surface area contributed by atoms with E-state index >= 15 is 0 Å². The van der Waals surface area contributed by atoms with Gasteiger partial charge in [-0.05, 0) is 46.2 Å². The molecule has 174 valence electrons. The second-order valence-electron chi connectivity index (χ2n) is 9.19. The van der Waals surface area contributed by atoms with Gasteiger partial charge in [-0.25, -0.2) is 0 Å². The van der Waals surface area contributed by atoms with Gasteiger partial charge in [0.25, 0.3) is 0 Å². The van der Waals surface area contributed by atoms with Crippen LogP contribution in [0.25, 0.3) is 11.1 Å². The Morgan fingerprint density at radius 1 is 0.657 bits per heavy atom. The van der Waals surface area contributed by atoms with Crippen molar-refractivity contribution in [1.29, 1.82) is 0 Å².